The third-order valence-corrected chi connectivity index (χ3v) is 6.57. The van der Waals surface area contributed by atoms with Crippen molar-refractivity contribution in [3.63, 3.8) is 0 Å². The van der Waals surface area contributed by atoms with Gasteiger partial charge in [0.2, 0.25) is 5.91 Å². The summed E-state index contributed by atoms with van der Waals surface area (Å²) in [6, 6.07) is 14.9. The van der Waals surface area contributed by atoms with Crippen LogP contribution in [0.3, 0.4) is 0 Å². The van der Waals surface area contributed by atoms with Crippen LogP contribution < -0.4 is 5.32 Å². The molecule has 30 heavy (non-hydrogen) atoms. The quantitative estimate of drug-likeness (QED) is 0.564. The number of anilines is 1. The molecule has 1 atom stereocenters. The van der Waals surface area contributed by atoms with Gasteiger partial charge in [0.25, 0.3) is 0 Å². The summed E-state index contributed by atoms with van der Waals surface area (Å²) >= 11 is 0. The molecule has 2 aliphatic rings. The van der Waals surface area contributed by atoms with E-state index in [1.807, 2.05) is 30.3 Å². The summed E-state index contributed by atoms with van der Waals surface area (Å²) in [6.45, 7) is 5.14. The Hall–Kier alpha value is -2.17. The molecule has 3 nitrogen and oxygen atoms in total. The number of para-hydroxylation sites is 1. The number of nitrogens with one attached hydrogen (secondary N) is 1. The summed E-state index contributed by atoms with van der Waals surface area (Å²) in [5, 5.41) is 3.07. The van der Waals surface area contributed by atoms with Crippen molar-refractivity contribution in [1.29, 1.82) is 0 Å². The lowest BCUT2D eigenvalue weighted by atomic mass is 9.75. The molecule has 1 N–H and O–H groups in total. The van der Waals surface area contributed by atoms with Crippen molar-refractivity contribution in [3.05, 3.63) is 71.6 Å². The minimum Gasteiger partial charge on any atom is -0.325 e. The Kier molecular flexibility index (Phi) is 7.32. The molecule has 0 saturated heterocycles. The molecule has 0 saturated carbocycles. The van der Waals surface area contributed by atoms with Gasteiger partial charge in [-0.1, -0.05) is 49.8 Å². The first-order valence-corrected chi connectivity index (χ1v) is 10.7. The molecule has 0 bridgehead atoms. The van der Waals surface area contributed by atoms with E-state index in [4.69, 9.17) is 0 Å². The van der Waals surface area contributed by atoms with E-state index in [1.165, 1.54) is 17.7 Å². The van der Waals surface area contributed by atoms with E-state index in [0.717, 1.165) is 68.6 Å². The van der Waals surface area contributed by atoms with E-state index in [-0.39, 0.29) is 29.5 Å². The zero-order valence-electron chi connectivity index (χ0n) is 17.5. The van der Waals surface area contributed by atoms with Crippen LogP contribution in [-0.4, -0.2) is 30.4 Å². The van der Waals surface area contributed by atoms with Crippen molar-refractivity contribution >= 4 is 29.6 Å². The van der Waals surface area contributed by atoms with Crippen LogP contribution in [-0.2, 0) is 10.2 Å². The average Bonchev–Trinajstić information content (AvgIpc) is 3.04. The number of amides is 1. The van der Waals surface area contributed by atoms with Crippen molar-refractivity contribution < 1.29 is 9.18 Å². The molecule has 1 unspecified atom stereocenters. The van der Waals surface area contributed by atoms with Gasteiger partial charge in [0, 0.05) is 18.8 Å². The van der Waals surface area contributed by atoms with E-state index in [9.17, 15) is 9.18 Å². The van der Waals surface area contributed by atoms with E-state index in [0.29, 0.717) is 0 Å². The number of unbranched alkanes of at least 4 members (excludes halogenated alkanes) is 1. The summed E-state index contributed by atoms with van der Waals surface area (Å²) in [7, 11) is 0. The number of benzene rings is 2. The number of hydrogen-bond donors (Lipinski definition) is 1. The highest BCUT2D eigenvalue weighted by Gasteiger charge is 2.44. The third kappa shape index (κ3) is 4.45. The maximum Gasteiger partial charge on any atom is 0.235 e. The van der Waals surface area contributed by atoms with Crippen molar-refractivity contribution in [1.82, 2.24) is 4.90 Å². The summed E-state index contributed by atoms with van der Waals surface area (Å²) in [5.41, 5.74) is 4.21. The van der Waals surface area contributed by atoms with Gasteiger partial charge in [-0.25, -0.2) is 4.39 Å². The summed E-state index contributed by atoms with van der Waals surface area (Å²) in [5.74, 6) is -0.0266. The highest BCUT2D eigenvalue weighted by Crippen LogP contribution is 2.43. The Bertz CT molecular complexity index is 912. The number of rotatable bonds is 7. The summed E-state index contributed by atoms with van der Waals surface area (Å²) in [6.07, 6.45) is 7.14. The molecule has 0 radical (unpaired) electrons. The third-order valence-electron chi connectivity index (χ3n) is 6.57. The van der Waals surface area contributed by atoms with Gasteiger partial charge in [0.1, 0.15) is 5.82 Å². The van der Waals surface area contributed by atoms with E-state index >= 15 is 0 Å². The summed E-state index contributed by atoms with van der Waals surface area (Å²) < 4.78 is 13.1. The van der Waals surface area contributed by atoms with Gasteiger partial charge < -0.3 is 5.32 Å². The second kappa shape index (κ2) is 9.76. The fourth-order valence-electron chi connectivity index (χ4n) is 4.75. The largest absolute Gasteiger partial charge is 0.325 e. The van der Waals surface area contributed by atoms with Crippen LogP contribution in [0, 0.1) is 5.82 Å². The van der Waals surface area contributed by atoms with Gasteiger partial charge in [0.05, 0.1) is 5.41 Å². The highest BCUT2D eigenvalue weighted by atomic mass is 35.5. The molecule has 0 fully saturated rings. The Morgan fingerprint density at radius 1 is 1.10 bits per heavy atom. The normalized spacial score (nSPS) is 20.9. The fraction of sp³-hybridized carbons (Fsp3) is 0.400. The van der Waals surface area contributed by atoms with Crippen LogP contribution >= 0.6 is 12.4 Å². The number of carbonyl (C=O) groups is 1. The molecular formula is C25H30ClFN2O. The van der Waals surface area contributed by atoms with Gasteiger partial charge >= 0.3 is 0 Å². The van der Waals surface area contributed by atoms with Crippen molar-refractivity contribution in [2.24, 2.45) is 0 Å². The highest BCUT2D eigenvalue weighted by molar-refractivity contribution is 6.06. The lowest BCUT2D eigenvalue weighted by molar-refractivity contribution is -0.121. The summed E-state index contributed by atoms with van der Waals surface area (Å²) in [4.78, 5) is 15.2. The first kappa shape index (κ1) is 22.5. The predicted octanol–water partition coefficient (Wildman–Crippen LogP) is 5.81. The van der Waals surface area contributed by atoms with Crippen molar-refractivity contribution in [2.45, 2.75) is 44.4 Å². The maximum atomic E-state index is 13.1. The standard InChI is InChI=1S/C25H29FN2O.ClH/c1-2-25(22-7-3-4-8-23(22)27-24(25)29)15-5-6-16-28-17-13-20(14-18-28)19-9-11-21(26)12-10-19;/h3-4,7-13H,2,5-6,14-18H2,1H3,(H,27,29);1H. The minimum absolute atomic E-state index is 0. The first-order chi connectivity index (χ1) is 14.1. The molecule has 4 rings (SSSR count). The van der Waals surface area contributed by atoms with Gasteiger partial charge in [-0.15, -0.1) is 12.4 Å². The number of halogens is 2. The van der Waals surface area contributed by atoms with E-state index in [2.05, 4.69) is 29.3 Å². The molecule has 0 spiro atoms. The van der Waals surface area contributed by atoms with Crippen molar-refractivity contribution in [2.75, 3.05) is 25.0 Å². The molecule has 2 aromatic carbocycles. The lowest BCUT2D eigenvalue weighted by Gasteiger charge is -2.28. The molecule has 2 aliphatic heterocycles. The van der Waals surface area contributed by atoms with Crippen LogP contribution in [0.15, 0.2) is 54.6 Å². The molecule has 0 aliphatic carbocycles. The monoisotopic (exact) mass is 428 g/mol. The van der Waals surface area contributed by atoms with Crippen molar-refractivity contribution in [3.8, 4) is 0 Å². The Labute approximate surface area is 184 Å². The lowest BCUT2D eigenvalue weighted by Crippen LogP contribution is -2.34. The Balaban J connectivity index is 0.00000256. The minimum atomic E-state index is -0.367. The first-order valence-electron chi connectivity index (χ1n) is 10.7. The van der Waals surface area contributed by atoms with Crippen LogP contribution in [0.1, 0.15) is 50.2 Å². The van der Waals surface area contributed by atoms with Crippen LogP contribution in [0.5, 0.6) is 0 Å². The number of hydrogen-bond acceptors (Lipinski definition) is 2. The zero-order chi connectivity index (χ0) is 20.3. The smallest absolute Gasteiger partial charge is 0.235 e. The number of fused-ring (bicyclic) bond motifs is 1. The number of carbonyl (C=O) groups excluding carboxylic acids is 1. The molecular weight excluding hydrogens is 399 g/mol. The van der Waals surface area contributed by atoms with Gasteiger partial charge in [-0.05, 0) is 67.1 Å². The molecule has 2 aromatic rings. The SMILES string of the molecule is CCC1(CCCCN2CC=C(c3ccc(F)cc3)CC2)C(=O)Nc2ccccc21.Cl. The molecule has 1 amide bonds. The zero-order valence-corrected chi connectivity index (χ0v) is 18.3. The molecule has 5 heteroatoms. The van der Waals surface area contributed by atoms with Crippen LogP contribution in [0.2, 0.25) is 0 Å². The van der Waals surface area contributed by atoms with Crippen LogP contribution in [0.4, 0.5) is 10.1 Å². The molecule has 160 valence electrons. The molecule has 2 heterocycles. The van der Waals surface area contributed by atoms with Gasteiger partial charge in [0.15, 0.2) is 0 Å². The van der Waals surface area contributed by atoms with Crippen LogP contribution in [0.25, 0.3) is 5.57 Å². The maximum absolute atomic E-state index is 13.1. The predicted molar refractivity (Wildman–Crippen MR) is 124 cm³/mol. The second-order valence-electron chi connectivity index (χ2n) is 8.18. The molecule has 0 aromatic heterocycles. The Morgan fingerprint density at radius 3 is 2.57 bits per heavy atom. The number of nitrogens with zero attached hydrogens (tertiary/aromatic N) is 1. The average molecular weight is 429 g/mol. The Morgan fingerprint density at radius 2 is 1.87 bits per heavy atom. The van der Waals surface area contributed by atoms with Gasteiger partial charge in [-0.2, -0.15) is 0 Å². The second-order valence-corrected chi connectivity index (χ2v) is 8.18. The topological polar surface area (TPSA) is 32.3 Å². The van der Waals surface area contributed by atoms with Gasteiger partial charge in [-0.3, -0.25) is 9.69 Å². The van der Waals surface area contributed by atoms with E-state index in [1.54, 1.807) is 0 Å². The van der Waals surface area contributed by atoms with E-state index < -0.39 is 0 Å². The fourth-order valence-corrected chi connectivity index (χ4v) is 4.75.